The van der Waals surface area contributed by atoms with Crippen molar-refractivity contribution in [2.24, 2.45) is 0 Å². The molecule has 0 heterocycles. The minimum Gasteiger partial charge on any atom is -0.455 e. The minimum absolute atomic E-state index is 0.313. The predicted molar refractivity (Wildman–Crippen MR) is 99.8 cm³/mol. The number of ether oxygens (including phenoxy) is 1. The van der Waals surface area contributed by atoms with E-state index in [-0.39, 0.29) is 5.97 Å². The summed E-state index contributed by atoms with van der Waals surface area (Å²) in [5.41, 5.74) is 0.458. The zero-order valence-electron chi connectivity index (χ0n) is 15.4. The summed E-state index contributed by atoms with van der Waals surface area (Å²) in [7, 11) is 0. The van der Waals surface area contributed by atoms with Crippen molar-refractivity contribution < 1.29 is 9.53 Å². The second-order valence-electron chi connectivity index (χ2n) is 6.59. The number of esters is 1. The smallest absolute Gasteiger partial charge is 0.333 e. The SMILES string of the molecule is [CH2]CCCCCCCCCCCCCCC[CH]OC(=O)C(=C)C. The molecule has 0 fully saturated rings. The summed E-state index contributed by atoms with van der Waals surface area (Å²) < 4.78 is 4.95. The Bertz CT molecular complexity index is 284. The van der Waals surface area contributed by atoms with Crippen LogP contribution in [0.15, 0.2) is 12.2 Å². The molecular formula is C21H38O2. The van der Waals surface area contributed by atoms with Crippen LogP contribution in [0.4, 0.5) is 0 Å². The lowest BCUT2D eigenvalue weighted by molar-refractivity contribution is -0.135. The van der Waals surface area contributed by atoms with Gasteiger partial charge in [-0.25, -0.2) is 4.79 Å². The quantitative estimate of drug-likeness (QED) is 0.164. The van der Waals surface area contributed by atoms with Crippen molar-refractivity contribution in [1.29, 1.82) is 0 Å². The molecule has 0 N–H and O–H groups in total. The van der Waals surface area contributed by atoms with Crippen molar-refractivity contribution in [2.45, 2.75) is 103 Å². The summed E-state index contributed by atoms with van der Waals surface area (Å²) in [5.74, 6) is -0.313. The lowest BCUT2D eigenvalue weighted by Crippen LogP contribution is -2.02. The predicted octanol–water partition coefficient (Wildman–Crippen LogP) is 6.95. The molecule has 0 unspecified atom stereocenters. The first-order valence-corrected chi connectivity index (χ1v) is 9.66. The third-order valence-corrected chi connectivity index (χ3v) is 4.11. The van der Waals surface area contributed by atoms with Crippen LogP contribution in [0.25, 0.3) is 0 Å². The van der Waals surface area contributed by atoms with E-state index in [2.05, 4.69) is 13.5 Å². The van der Waals surface area contributed by atoms with Gasteiger partial charge in [-0.2, -0.15) is 0 Å². The van der Waals surface area contributed by atoms with Crippen LogP contribution in [-0.4, -0.2) is 5.97 Å². The maximum Gasteiger partial charge on any atom is 0.333 e. The van der Waals surface area contributed by atoms with Crippen molar-refractivity contribution >= 4 is 5.97 Å². The van der Waals surface area contributed by atoms with E-state index < -0.39 is 0 Å². The molecule has 0 aromatic heterocycles. The minimum atomic E-state index is -0.313. The summed E-state index contributed by atoms with van der Waals surface area (Å²) in [4.78, 5) is 11.1. The van der Waals surface area contributed by atoms with Gasteiger partial charge in [-0.15, -0.1) is 0 Å². The molecule has 0 aliphatic rings. The molecule has 0 amide bonds. The molecule has 23 heavy (non-hydrogen) atoms. The first kappa shape index (κ1) is 22.2. The number of hydrogen-bond donors (Lipinski definition) is 0. The molecule has 0 aliphatic carbocycles. The molecule has 0 rings (SSSR count). The van der Waals surface area contributed by atoms with Crippen LogP contribution in [0, 0.1) is 13.5 Å². The maximum absolute atomic E-state index is 11.1. The Morgan fingerprint density at radius 3 is 1.57 bits per heavy atom. The molecule has 0 aromatic rings. The molecule has 0 atom stereocenters. The molecule has 0 saturated carbocycles. The molecule has 2 radical (unpaired) electrons. The topological polar surface area (TPSA) is 26.3 Å². The van der Waals surface area contributed by atoms with Gasteiger partial charge in [-0.05, 0) is 19.8 Å². The van der Waals surface area contributed by atoms with E-state index in [9.17, 15) is 4.79 Å². The summed E-state index contributed by atoms with van der Waals surface area (Å²) in [5, 5.41) is 0. The molecule has 0 saturated heterocycles. The summed E-state index contributed by atoms with van der Waals surface area (Å²) in [6.07, 6.45) is 19.4. The van der Waals surface area contributed by atoms with Gasteiger partial charge in [0.25, 0.3) is 0 Å². The monoisotopic (exact) mass is 322 g/mol. The van der Waals surface area contributed by atoms with Crippen molar-refractivity contribution in [3.63, 3.8) is 0 Å². The highest BCUT2D eigenvalue weighted by atomic mass is 16.5. The first-order chi connectivity index (χ1) is 11.2. The van der Waals surface area contributed by atoms with Gasteiger partial charge in [0.2, 0.25) is 0 Å². The van der Waals surface area contributed by atoms with Gasteiger partial charge >= 0.3 is 5.97 Å². The van der Waals surface area contributed by atoms with Gasteiger partial charge in [0.15, 0.2) is 0 Å². The average Bonchev–Trinajstić information content (AvgIpc) is 2.54. The lowest BCUT2D eigenvalue weighted by atomic mass is 10.0. The van der Waals surface area contributed by atoms with Gasteiger partial charge in [0.05, 0.1) is 0 Å². The third-order valence-electron chi connectivity index (χ3n) is 4.11. The fourth-order valence-electron chi connectivity index (χ4n) is 2.58. The van der Waals surface area contributed by atoms with E-state index in [4.69, 9.17) is 4.74 Å². The summed E-state index contributed by atoms with van der Waals surface area (Å²) >= 11 is 0. The van der Waals surface area contributed by atoms with Crippen LogP contribution >= 0.6 is 0 Å². The van der Waals surface area contributed by atoms with Crippen LogP contribution in [0.5, 0.6) is 0 Å². The first-order valence-electron chi connectivity index (χ1n) is 9.66. The van der Waals surface area contributed by atoms with Crippen LogP contribution in [0.2, 0.25) is 0 Å². The number of unbranched alkanes of at least 4 members (excludes halogenated alkanes) is 14. The number of carbonyl (C=O) groups excluding carboxylic acids is 1. The maximum atomic E-state index is 11.1. The largest absolute Gasteiger partial charge is 0.455 e. The molecule has 2 nitrogen and oxygen atoms in total. The van der Waals surface area contributed by atoms with Gasteiger partial charge in [0.1, 0.15) is 6.61 Å². The Kier molecular flexibility index (Phi) is 17.0. The third kappa shape index (κ3) is 17.4. The molecule has 0 aliphatic heterocycles. The zero-order valence-corrected chi connectivity index (χ0v) is 15.4. The van der Waals surface area contributed by atoms with Crippen LogP contribution < -0.4 is 0 Å². The molecule has 2 heteroatoms. The zero-order chi connectivity index (χ0) is 17.2. The standard InChI is InChI=1S/C21H38O2/c1-4-5-6-7-8-9-10-11-12-13-14-15-16-17-18-19-23-21(22)20(2)3/h19H,1-2,4-18H2,3H3. The van der Waals surface area contributed by atoms with Crippen molar-refractivity contribution in [2.75, 3.05) is 0 Å². The fourth-order valence-corrected chi connectivity index (χ4v) is 2.58. The Balaban J connectivity index is 3.05. The van der Waals surface area contributed by atoms with Crippen LogP contribution in [-0.2, 0) is 9.53 Å². The Morgan fingerprint density at radius 1 is 0.783 bits per heavy atom. The van der Waals surface area contributed by atoms with Crippen molar-refractivity contribution in [3.8, 4) is 0 Å². The van der Waals surface area contributed by atoms with E-state index in [1.165, 1.54) is 77.0 Å². The average molecular weight is 323 g/mol. The Labute approximate surface area is 145 Å². The second-order valence-corrected chi connectivity index (χ2v) is 6.59. The molecule has 0 bridgehead atoms. The van der Waals surface area contributed by atoms with E-state index in [0.717, 1.165) is 19.3 Å². The van der Waals surface area contributed by atoms with Gasteiger partial charge in [-0.3, -0.25) is 0 Å². The number of carbonyl (C=O) groups is 1. The van der Waals surface area contributed by atoms with E-state index >= 15 is 0 Å². The van der Waals surface area contributed by atoms with E-state index in [1.807, 2.05) is 0 Å². The van der Waals surface area contributed by atoms with E-state index in [1.54, 1.807) is 13.5 Å². The Hall–Kier alpha value is -0.790. The highest BCUT2D eigenvalue weighted by Gasteiger charge is 2.02. The Morgan fingerprint density at radius 2 is 1.17 bits per heavy atom. The molecule has 0 aromatic carbocycles. The van der Waals surface area contributed by atoms with Gasteiger partial charge in [-0.1, -0.05) is 97.0 Å². The van der Waals surface area contributed by atoms with Crippen LogP contribution in [0.1, 0.15) is 103 Å². The van der Waals surface area contributed by atoms with Crippen molar-refractivity contribution in [1.82, 2.24) is 0 Å². The number of rotatable bonds is 17. The lowest BCUT2D eigenvalue weighted by Gasteiger charge is -2.04. The van der Waals surface area contributed by atoms with Crippen molar-refractivity contribution in [3.05, 3.63) is 25.7 Å². The van der Waals surface area contributed by atoms with Gasteiger partial charge < -0.3 is 4.74 Å². The normalized spacial score (nSPS) is 10.7. The fraction of sp³-hybridized carbons (Fsp3) is 0.762. The second kappa shape index (κ2) is 17.6. The van der Waals surface area contributed by atoms with Crippen LogP contribution in [0.3, 0.4) is 0 Å². The molecule has 134 valence electrons. The van der Waals surface area contributed by atoms with Gasteiger partial charge in [0, 0.05) is 5.57 Å². The highest BCUT2D eigenvalue weighted by Crippen LogP contribution is 2.13. The summed E-state index contributed by atoms with van der Waals surface area (Å²) in [6, 6.07) is 0. The molecular weight excluding hydrogens is 284 g/mol. The molecule has 0 spiro atoms. The van der Waals surface area contributed by atoms with E-state index in [0.29, 0.717) is 5.57 Å². The number of hydrogen-bond acceptors (Lipinski definition) is 2. The summed E-state index contributed by atoms with van der Waals surface area (Å²) in [6.45, 7) is 10.7. The highest BCUT2D eigenvalue weighted by molar-refractivity contribution is 5.87.